The van der Waals surface area contributed by atoms with Gasteiger partial charge in [-0.05, 0) is 41.5 Å². The molecule has 0 atom stereocenters. The monoisotopic (exact) mass is 553 g/mol. The third-order valence-corrected chi connectivity index (χ3v) is 9.41. The average Bonchev–Trinajstić information content (AvgIpc) is 3.66. The highest BCUT2D eigenvalue weighted by atomic mass is 32.1. The average molecular weight is 554 g/mol. The second kappa shape index (κ2) is 9.10. The first-order valence-electron chi connectivity index (χ1n) is 14.1. The predicted molar refractivity (Wildman–Crippen MR) is 177 cm³/mol. The fraction of sp³-hybridized carbons (Fsp3) is 0. The highest BCUT2D eigenvalue weighted by Gasteiger charge is 2.16. The molecule has 0 unspecified atom stereocenters. The Morgan fingerprint density at radius 2 is 1.26 bits per heavy atom. The lowest BCUT2D eigenvalue weighted by Crippen LogP contribution is -1.91. The van der Waals surface area contributed by atoms with Crippen LogP contribution in [0.5, 0.6) is 0 Å². The van der Waals surface area contributed by atoms with E-state index >= 15 is 0 Å². The molecule has 0 aliphatic heterocycles. The van der Waals surface area contributed by atoms with Crippen molar-refractivity contribution < 1.29 is 0 Å². The van der Waals surface area contributed by atoms with E-state index in [1.807, 2.05) is 29.5 Å². The number of para-hydroxylation sites is 1. The molecule has 0 saturated carbocycles. The van der Waals surface area contributed by atoms with Crippen LogP contribution in [0.3, 0.4) is 0 Å². The smallest absolute Gasteiger partial charge is 0.138 e. The lowest BCUT2D eigenvalue weighted by molar-refractivity contribution is 1.19. The van der Waals surface area contributed by atoms with E-state index in [9.17, 15) is 0 Å². The summed E-state index contributed by atoms with van der Waals surface area (Å²) in [7, 11) is 0. The molecule has 5 aromatic carbocycles. The summed E-state index contributed by atoms with van der Waals surface area (Å²) in [4.78, 5) is 10.2. The maximum atomic E-state index is 5.24. The number of benzene rings is 5. The minimum absolute atomic E-state index is 0.929. The molecule has 4 heterocycles. The van der Waals surface area contributed by atoms with Crippen LogP contribution in [-0.4, -0.2) is 14.4 Å². The molecule has 196 valence electrons. The molecular weight excluding hydrogens is 531 g/mol. The quantitative estimate of drug-likeness (QED) is 0.204. The van der Waals surface area contributed by atoms with Crippen LogP contribution in [0.25, 0.3) is 81.1 Å². The summed E-state index contributed by atoms with van der Waals surface area (Å²) in [6, 6.07) is 45.2. The minimum atomic E-state index is 0.929. The standard InChI is InChI=1S/C38H23N3S/c1-2-9-24(10-3-1)33-23-41-20-19-26(22-35(41)39-33)25-11-8-12-27(21-25)37-31-18-17-29-28-13-5-7-16-34(28)42-38(29)36(31)30-14-4-6-15-32(30)40-37/h1-23H. The summed E-state index contributed by atoms with van der Waals surface area (Å²) >= 11 is 1.87. The second-order valence-electron chi connectivity index (χ2n) is 10.7. The Labute approximate surface area is 246 Å². The zero-order chi connectivity index (χ0) is 27.6. The summed E-state index contributed by atoms with van der Waals surface area (Å²) in [5, 5.41) is 6.28. The number of aromatic nitrogens is 3. The van der Waals surface area contributed by atoms with E-state index in [0.29, 0.717) is 0 Å². The van der Waals surface area contributed by atoms with Crippen molar-refractivity contribution in [1.82, 2.24) is 14.4 Å². The van der Waals surface area contributed by atoms with Crippen molar-refractivity contribution in [2.24, 2.45) is 0 Å². The van der Waals surface area contributed by atoms with Crippen molar-refractivity contribution in [2.75, 3.05) is 0 Å². The molecule has 9 aromatic rings. The van der Waals surface area contributed by atoms with Crippen molar-refractivity contribution in [1.29, 1.82) is 0 Å². The summed E-state index contributed by atoms with van der Waals surface area (Å²) < 4.78 is 4.72. The Morgan fingerprint density at radius 1 is 0.524 bits per heavy atom. The predicted octanol–water partition coefficient (Wildman–Crippen LogP) is 10.4. The van der Waals surface area contributed by atoms with Crippen molar-refractivity contribution in [3.8, 4) is 33.6 Å². The van der Waals surface area contributed by atoms with Crippen LogP contribution in [0.2, 0.25) is 0 Å². The largest absolute Gasteiger partial charge is 0.306 e. The van der Waals surface area contributed by atoms with E-state index < -0.39 is 0 Å². The summed E-state index contributed by atoms with van der Waals surface area (Å²) in [6.07, 6.45) is 4.18. The van der Waals surface area contributed by atoms with Gasteiger partial charge in [0.2, 0.25) is 0 Å². The van der Waals surface area contributed by atoms with Gasteiger partial charge in [0, 0.05) is 59.9 Å². The molecule has 0 spiro atoms. The van der Waals surface area contributed by atoms with Gasteiger partial charge in [-0.2, -0.15) is 0 Å². The maximum Gasteiger partial charge on any atom is 0.138 e. The van der Waals surface area contributed by atoms with Crippen LogP contribution < -0.4 is 0 Å². The highest BCUT2D eigenvalue weighted by molar-refractivity contribution is 7.26. The van der Waals surface area contributed by atoms with Gasteiger partial charge in [-0.3, -0.25) is 0 Å². The number of hydrogen-bond acceptors (Lipinski definition) is 3. The van der Waals surface area contributed by atoms with Gasteiger partial charge in [-0.25, -0.2) is 9.97 Å². The number of rotatable bonds is 3. The minimum Gasteiger partial charge on any atom is -0.306 e. The van der Waals surface area contributed by atoms with Crippen molar-refractivity contribution in [2.45, 2.75) is 0 Å². The lowest BCUT2D eigenvalue weighted by atomic mass is 9.96. The molecule has 3 nitrogen and oxygen atoms in total. The number of imidazole rings is 1. The molecule has 0 saturated heterocycles. The third-order valence-electron chi connectivity index (χ3n) is 8.21. The van der Waals surface area contributed by atoms with Gasteiger partial charge in [-0.15, -0.1) is 11.3 Å². The van der Waals surface area contributed by atoms with Gasteiger partial charge >= 0.3 is 0 Å². The zero-order valence-electron chi connectivity index (χ0n) is 22.5. The van der Waals surface area contributed by atoms with E-state index in [1.165, 1.54) is 36.3 Å². The lowest BCUT2D eigenvalue weighted by Gasteiger charge is -2.12. The van der Waals surface area contributed by atoms with Crippen molar-refractivity contribution >= 4 is 58.8 Å². The normalized spacial score (nSPS) is 11.8. The Hall–Kier alpha value is -5.32. The molecule has 0 N–H and O–H groups in total. The Kier molecular flexibility index (Phi) is 5.07. The van der Waals surface area contributed by atoms with E-state index in [2.05, 4.69) is 126 Å². The van der Waals surface area contributed by atoms with Crippen LogP contribution in [-0.2, 0) is 0 Å². The first kappa shape index (κ1) is 23.4. The number of thiophene rings is 1. The van der Waals surface area contributed by atoms with Gasteiger partial charge in [0.25, 0.3) is 0 Å². The van der Waals surface area contributed by atoms with Gasteiger partial charge in [0.15, 0.2) is 0 Å². The van der Waals surface area contributed by atoms with Crippen molar-refractivity contribution in [3.05, 3.63) is 140 Å². The Morgan fingerprint density at radius 3 is 2.19 bits per heavy atom. The van der Waals surface area contributed by atoms with Crippen LogP contribution in [0.15, 0.2) is 140 Å². The van der Waals surface area contributed by atoms with Gasteiger partial charge in [0.1, 0.15) is 5.65 Å². The Balaban J connectivity index is 1.23. The van der Waals surface area contributed by atoms with Crippen LogP contribution in [0.4, 0.5) is 0 Å². The molecule has 0 aliphatic rings. The number of fused-ring (bicyclic) bond motifs is 8. The summed E-state index contributed by atoms with van der Waals surface area (Å²) in [5.41, 5.74) is 8.43. The van der Waals surface area contributed by atoms with E-state index in [4.69, 9.17) is 9.97 Å². The molecule has 42 heavy (non-hydrogen) atoms. The van der Waals surface area contributed by atoms with E-state index in [0.717, 1.165) is 44.8 Å². The fourth-order valence-electron chi connectivity index (χ4n) is 6.19. The van der Waals surface area contributed by atoms with E-state index in [1.54, 1.807) is 0 Å². The fourth-order valence-corrected chi connectivity index (χ4v) is 7.46. The van der Waals surface area contributed by atoms with E-state index in [-0.39, 0.29) is 0 Å². The molecule has 0 amide bonds. The zero-order valence-corrected chi connectivity index (χ0v) is 23.3. The van der Waals surface area contributed by atoms with Gasteiger partial charge in [-0.1, -0.05) is 97.1 Å². The maximum absolute atomic E-state index is 5.24. The van der Waals surface area contributed by atoms with Crippen LogP contribution in [0, 0.1) is 0 Å². The first-order valence-corrected chi connectivity index (χ1v) is 14.9. The van der Waals surface area contributed by atoms with Gasteiger partial charge < -0.3 is 4.40 Å². The Bertz CT molecular complexity index is 2470. The molecule has 0 fully saturated rings. The summed E-state index contributed by atoms with van der Waals surface area (Å²) in [5.74, 6) is 0. The number of hydrogen-bond donors (Lipinski definition) is 0. The molecular formula is C38H23N3S. The second-order valence-corrected chi connectivity index (χ2v) is 11.7. The van der Waals surface area contributed by atoms with Crippen molar-refractivity contribution in [3.63, 3.8) is 0 Å². The SMILES string of the molecule is c1ccc(-c2cn3ccc(-c4cccc(-c5nc6ccccc6c6c5ccc5c7ccccc7sc56)c4)cc3n2)cc1. The van der Waals surface area contributed by atoms with Crippen LogP contribution in [0.1, 0.15) is 0 Å². The van der Waals surface area contributed by atoms with Gasteiger partial charge in [0.05, 0.1) is 16.9 Å². The molecule has 4 heteroatoms. The first-order chi connectivity index (χ1) is 20.8. The molecule has 0 bridgehead atoms. The number of nitrogens with zero attached hydrogens (tertiary/aromatic N) is 3. The third kappa shape index (κ3) is 3.59. The summed E-state index contributed by atoms with van der Waals surface area (Å²) in [6.45, 7) is 0. The molecule has 0 aliphatic carbocycles. The topological polar surface area (TPSA) is 30.2 Å². The molecule has 4 aromatic heterocycles. The molecule has 9 rings (SSSR count). The number of pyridine rings is 2. The highest BCUT2D eigenvalue weighted by Crippen LogP contribution is 2.43. The molecule has 0 radical (unpaired) electrons. The van der Waals surface area contributed by atoms with Crippen LogP contribution >= 0.6 is 11.3 Å².